The van der Waals surface area contributed by atoms with Gasteiger partial charge in [-0.3, -0.25) is 0 Å². The molecule has 0 aromatic heterocycles. The maximum absolute atomic E-state index is 13.1. The molecule has 0 radical (unpaired) electrons. The predicted octanol–water partition coefficient (Wildman–Crippen LogP) is 2.94. The zero-order valence-corrected chi connectivity index (χ0v) is 7.73. The summed E-state index contributed by atoms with van der Waals surface area (Å²) in [6, 6.07) is 1.88. The quantitative estimate of drug-likeness (QED) is 0.750. The number of hydrogen-bond acceptors (Lipinski definition) is 1. The summed E-state index contributed by atoms with van der Waals surface area (Å²) in [5.41, 5.74) is -0.189. The van der Waals surface area contributed by atoms with Crippen LogP contribution in [-0.2, 0) is 0 Å². The highest BCUT2D eigenvalue weighted by Gasteiger charge is 2.18. The Morgan fingerprint density at radius 2 is 1.86 bits per heavy atom. The SMILES string of the molecule is CCC[C@@H](O)c1ccc(F)c(F)c1F. The van der Waals surface area contributed by atoms with E-state index in [2.05, 4.69) is 0 Å². The highest BCUT2D eigenvalue weighted by molar-refractivity contribution is 5.22. The fourth-order valence-electron chi connectivity index (χ4n) is 1.23. The molecule has 0 saturated heterocycles. The Hall–Kier alpha value is -1.03. The Labute approximate surface area is 80.2 Å². The summed E-state index contributed by atoms with van der Waals surface area (Å²) in [6.45, 7) is 1.81. The van der Waals surface area contributed by atoms with Crippen molar-refractivity contribution < 1.29 is 18.3 Å². The summed E-state index contributed by atoms with van der Waals surface area (Å²) in [5.74, 6) is -4.07. The van der Waals surface area contributed by atoms with Gasteiger partial charge in [-0.15, -0.1) is 0 Å². The molecule has 0 amide bonds. The molecule has 0 unspecified atom stereocenters. The monoisotopic (exact) mass is 204 g/mol. The van der Waals surface area contributed by atoms with Crippen molar-refractivity contribution >= 4 is 0 Å². The van der Waals surface area contributed by atoms with Crippen molar-refractivity contribution in [3.05, 3.63) is 35.1 Å². The van der Waals surface area contributed by atoms with Gasteiger partial charge in [-0.2, -0.15) is 0 Å². The van der Waals surface area contributed by atoms with Crippen molar-refractivity contribution in [2.75, 3.05) is 0 Å². The van der Waals surface area contributed by atoms with E-state index < -0.39 is 23.6 Å². The van der Waals surface area contributed by atoms with E-state index in [1.807, 2.05) is 0 Å². The van der Waals surface area contributed by atoms with Crippen LogP contribution < -0.4 is 0 Å². The average Bonchev–Trinajstić information content (AvgIpc) is 2.15. The lowest BCUT2D eigenvalue weighted by atomic mass is 10.0. The molecule has 1 N–H and O–H groups in total. The van der Waals surface area contributed by atoms with E-state index in [-0.39, 0.29) is 5.56 Å². The van der Waals surface area contributed by atoms with Crippen molar-refractivity contribution in [1.82, 2.24) is 0 Å². The van der Waals surface area contributed by atoms with E-state index in [1.165, 1.54) is 0 Å². The second-order valence-electron chi connectivity index (χ2n) is 3.07. The van der Waals surface area contributed by atoms with E-state index in [0.717, 1.165) is 12.1 Å². The first-order chi connectivity index (χ1) is 6.57. The van der Waals surface area contributed by atoms with Crippen LogP contribution in [0.5, 0.6) is 0 Å². The lowest BCUT2D eigenvalue weighted by molar-refractivity contribution is 0.160. The molecule has 0 saturated carbocycles. The smallest absolute Gasteiger partial charge is 0.194 e. The molecule has 1 atom stereocenters. The lowest BCUT2D eigenvalue weighted by Gasteiger charge is -2.10. The normalized spacial score (nSPS) is 12.9. The molecule has 0 aliphatic rings. The maximum atomic E-state index is 13.1. The minimum atomic E-state index is -1.53. The second kappa shape index (κ2) is 4.46. The van der Waals surface area contributed by atoms with E-state index in [1.54, 1.807) is 6.92 Å². The number of aliphatic hydroxyl groups excluding tert-OH is 1. The van der Waals surface area contributed by atoms with Gasteiger partial charge in [0.1, 0.15) is 0 Å². The van der Waals surface area contributed by atoms with Crippen molar-refractivity contribution in [3.63, 3.8) is 0 Å². The average molecular weight is 204 g/mol. The number of hydrogen-bond donors (Lipinski definition) is 1. The lowest BCUT2D eigenvalue weighted by Crippen LogP contribution is -2.03. The van der Waals surface area contributed by atoms with Crippen LogP contribution in [0.3, 0.4) is 0 Å². The fraction of sp³-hybridized carbons (Fsp3) is 0.400. The Morgan fingerprint density at radius 3 is 2.43 bits per heavy atom. The molecule has 78 valence electrons. The minimum Gasteiger partial charge on any atom is -0.388 e. The predicted molar refractivity (Wildman–Crippen MR) is 46.2 cm³/mol. The van der Waals surface area contributed by atoms with Crippen molar-refractivity contribution in [2.45, 2.75) is 25.9 Å². The number of benzene rings is 1. The van der Waals surface area contributed by atoms with Gasteiger partial charge >= 0.3 is 0 Å². The third-order valence-electron chi connectivity index (χ3n) is 1.99. The van der Waals surface area contributed by atoms with Crippen LogP contribution in [0.2, 0.25) is 0 Å². The summed E-state index contributed by atoms with van der Waals surface area (Å²) in [5, 5.41) is 9.39. The van der Waals surface area contributed by atoms with E-state index >= 15 is 0 Å². The Bertz CT molecular complexity index is 325. The molecule has 0 aliphatic heterocycles. The summed E-state index contributed by atoms with van der Waals surface area (Å²) in [4.78, 5) is 0. The molecule has 0 spiro atoms. The molecular formula is C10H11F3O. The van der Waals surface area contributed by atoms with Crippen molar-refractivity contribution in [1.29, 1.82) is 0 Å². The van der Waals surface area contributed by atoms with Crippen LogP contribution in [-0.4, -0.2) is 5.11 Å². The molecule has 0 bridgehead atoms. The maximum Gasteiger partial charge on any atom is 0.194 e. The summed E-state index contributed by atoms with van der Waals surface area (Å²) in [6.07, 6.45) is -0.114. The molecule has 0 aliphatic carbocycles. The molecule has 1 nitrogen and oxygen atoms in total. The third kappa shape index (κ3) is 2.07. The van der Waals surface area contributed by atoms with E-state index in [4.69, 9.17) is 0 Å². The van der Waals surface area contributed by atoms with Crippen molar-refractivity contribution in [2.24, 2.45) is 0 Å². The first-order valence-corrected chi connectivity index (χ1v) is 4.39. The second-order valence-corrected chi connectivity index (χ2v) is 3.07. The van der Waals surface area contributed by atoms with E-state index in [0.29, 0.717) is 12.8 Å². The number of rotatable bonds is 3. The van der Waals surface area contributed by atoms with Gasteiger partial charge in [-0.05, 0) is 12.5 Å². The molecule has 1 aromatic carbocycles. The Balaban J connectivity index is 3.04. The molecule has 4 heteroatoms. The highest BCUT2D eigenvalue weighted by Crippen LogP contribution is 2.24. The van der Waals surface area contributed by atoms with Gasteiger partial charge < -0.3 is 5.11 Å². The van der Waals surface area contributed by atoms with Crippen LogP contribution in [0.15, 0.2) is 12.1 Å². The van der Waals surface area contributed by atoms with Crippen LogP contribution in [0, 0.1) is 17.5 Å². The van der Waals surface area contributed by atoms with Gasteiger partial charge in [0, 0.05) is 5.56 Å². The summed E-state index contributed by atoms with van der Waals surface area (Å²) < 4.78 is 38.3. The standard InChI is InChI=1S/C10H11F3O/c1-2-3-8(14)6-4-5-7(11)10(13)9(6)12/h4-5,8,14H,2-3H2,1H3/t8-/m1/s1. The third-order valence-corrected chi connectivity index (χ3v) is 1.99. The number of halogens is 3. The highest BCUT2D eigenvalue weighted by atomic mass is 19.2. The first kappa shape index (κ1) is 11.0. The zero-order chi connectivity index (χ0) is 10.7. The Kier molecular flexibility index (Phi) is 3.52. The fourth-order valence-corrected chi connectivity index (χ4v) is 1.23. The number of aliphatic hydroxyl groups is 1. The molecule has 0 fully saturated rings. The van der Waals surface area contributed by atoms with Gasteiger partial charge in [0.05, 0.1) is 6.10 Å². The molecule has 14 heavy (non-hydrogen) atoms. The van der Waals surface area contributed by atoms with Gasteiger partial charge in [0.15, 0.2) is 17.5 Å². The van der Waals surface area contributed by atoms with Crippen LogP contribution >= 0.6 is 0 Å². The van der Waals surface area contributed by atoms with Gasteiger partial charge in [0.2, 0.25) is 0 Å². The summed E-state index contributed by atoms with van der Waals surface area (Å²) in [7, 11) is 0. The molecule has 1 rings (SSSR count). The zero-order valence-electron chi connectivity index (χ0n) is 7.73. The summed E-state index contributed by atoms with van der Waals surface area (Å²) >= 11 is 0. The van der Waals surface area contributed by atoms with Crippen LogP contribution in [0.4, 0.5) is 13.2 Å². The van der Waals surface area contributed by atoms with Gasteiger partial charge in [0.25, 0.3) is 0 Å². The molecule has 0 heterocycles. The Morgan fingerprint density at radius 1 is 1.21 bits per heavy atom. The van der Waals surface area contributed by atoms with Gasteiger partial charge in [-0.25, -0.2) is 13.2 Å². The molecule has 1 aromatic rings. The topological polar surface area (TPSA) is 20.2 Å². The first-order valence-electron chi connectivity index (χ1n) is 4.39. The van der Waals surface area contributed by atoms with Crippen LogP contribution in [0.1, 0.15) is 31.4 Å². The van der Waals surface area contributed by atoms with Gasteiger partial charge in [-0.1, -0.05) is 19.4 Å². The van der Waals surface area contributed by atoms with Crippen LogP contribution in [0.25, 0.3) is 0 Å². The van der Waals surface area contributed by atoms with Crippen molar-refractivity contribution in [3.8, 4) is 0 Å². The largest absolute Gasteiger partial charge is 0.388 e. The van der Waals surface area contributed by atoms with E-state index in [9.17, 15) is 18.3 Å². The molecular weight excluding hydrogens is 193 g/mol. The minimum absolute atomic E-state index is 0.189.